The molecule has 3 N–H and O–H groups in total. The van der Waals surface area contributed by atoms with E-state index in [1.165, 1.54) is 4.57 Å². The summed E-state index contributed by atoms with van der Waals surface area (Å²) in [5.74, 6) is 1.15. The standard InChI is InChI=1S/C21H28N4O3/c26-16(15-25-20(27)17-6-1-2-7-18(17)21(25)28)14-23-10-5-11-24(13-12-23)19-8-3-4-9-22-19/h1-4,8-9,16,26-28H,5-7,10-15H2. The van der Waals surface area contributed by atoms with E-state index in [1.54, 1.807) is 0 Å². The third kappa shape index (κ3) is 3.86. The van der Waals surface area contributed by atoms with Gasteiger partial charge in [-0.1, -0.05) is 18.2 Å². The Bertz CT molecular complexity index is 802. The number of nitrogens with zero attached hydrogens (tertiary/aromatic N) is 4. The first-order valence-electron chi connectivity index (χ1n) is 9.97. The molecule has 2 aliphatic rings. The van der Waals surface area contributed by atoms with Gasteiger partial charge in [-0.15, -0.1) is 0 Å². The molecule has 7 heteroatoms. The minimum Gasteiger partial charge on any atom is -0.494 e. The van der Waals surface area contributed by atoms with Crippen LogP contribution in [0.1, 0.15) is 17.5 Å². The van der Waals surface area contributed by atoms with Crippen LogP contribution >= 0.6 is 0 Å². The van der Waals surface area contributed by atoms with Crippen molar-refractivity contribution in [3.05, 3.63) is 47.7 Å². The molecule has 2 aromatic heterocycles. The number of β-amino-alcohol motifs (C(OH)–C–C–N with tert-alkyl or cyclic N) is 1. The van der Waals surface area contributed by atoms with Gasteiger partial charge < -0.3 is 20.2 Å². The van der Waals surface area contributed by atoms with E-state index in [1.807, 2.05) is 36.5 Å². The summed E-state index contributed by atoms with van der Waals surface area (Å²) < 4.78 is 1.44. The number of aliphatic hydroxyl groups is 1. The highest BCUT2D eigenvalue weighted by atomic mass is 16.3. The maximum Gasteiger partial charge on any atom is 0.197 e. The fraction of sp³-hybridized carbons (Fsp3) is 0.476. The zero-order valence-corrected chi connectivity index (χ0v) is 16.0. The zero-order valence-electron chi connectivity index (χ0n) is 16.0. The Labute approximate surface area is 165 Å². The van der Waals surface area contributed by atoms with E-state index < -0.39 is 6.10 Å². The second-order valence-electron chi connectivity index (χ2n) is 7.58. The van der Waals surface area contributed by atoms with Crippen molar-refractivity contribution in [2.24, 2.45) is 0 Å². The number of rotatable bonds is 5. The number of fused-ring (bicyclic) bond motifs is 1. The number of hydrogen-bond acceptors (Lipinski definition) is 6. The molecule has 3 heterocycles. The van der Waals surface area contributed by atoms with Crippen LogP contribution in [0.3, 0.4) is 0 Å². The van der Waals surface area contributed by atoms with Crippen molar-refractivity contribution in [1.82, 2.24) is 14.5 Å². The number of allylic oxidation sites excluding steroid dienone is 2. The van der Waals surface area contributed by atoms with Crippen LogP contribution in [0.25, 0.3) is 0 Å². The van der Waals surface area contributed by atoms with Crippen molar-refractivity contribution in [1.29, 1.82) is 0 Å². The van der Waals surface area contributed by atoms with Gasteiger partial charge in [0.05, 0.1) is 12.6 Å². The molecule has 150 valence electrons. The van der Waals surface area contributed by atoms with Gasteiger partial charge in [-0.25, -0.2) is 4.98 Å². The molecule has 0 radical (unpaired) electrons. The van der Waals surface area contributed by atoms with Gasteiger partial charge in [0, 0.05) is 43.5 Å². The van der Waals surface area contributed by atoms with E-state index in [2.05, 4.69) is 14.8 Å². The summed E-state index contributed by atoms with van der Waals surface area (Å²) in [5.41, 5.74) is 1.54. The van der Waals surface area contributed by atoms with Gasteiger partial charge in [-0.2, -0.15) is 0 Å². The number of aromatic hydroxyl groups is 2. The first kappa shape index (κ1) is 18.8. The minimum absolute atomic E-state index is 0.0769. The van der Waals surface area contributed by atoms with E-state index in [4.69, 9.17) is 0 Å². The third-order valence-electron chi connectivity index (χ3n) is 5.65. The SMILES string of the molecule is Oc1c2c(c(O)n1CC(O)CN1CCCN(c3ccccn3)CC1)CC=CC2. The van der Waals surface area contributed by atoms with Gasteiger partial charge >= 0.3 is 0 Å². The maximum atomic E-state index is 10.6. The first-order valence-corrected chi connectivity index (χ1v) is 9.97. The third-order valence-corrected chi connectivity index (χ3v) is 5.65. The Kier molecular flexibility index (Phi) is 5.54. The fourth-order valence-electron chi connectivity index (χ4n) is 4.19. The number of pyridine rings is 1. The molecule has 2 aromatic rings. The summed E-state index contributed by atoms with van der Waals surface area (Å²) >= 11 is 0. The second kappa shape index (κ2) is 8.24. The van der Waals surface area contributed by atoms with Crippen LogP contribution in [-0.4, -0.2) is 68.6 Å². The molecule has 1 saturated heterocycles. The van der Waals surface area contributed by atoms with Crippen molar-refractivity contribution in [3.63, 3.8) is 0 Å². The topological polar surface area (TPSA) is 85.0 Å². The average Bonchev–Trinajstić information content (AvgIpc) is 2.88. The molecule has 1 unspecified atom stereocenters. The van der Waals surface area contributed by atoms with Crippen molar-refractivity contribution >= 4 is 5.82 Å². The Morgan fingerprint density at radius 1 is 0.929 bits per heavy atom. The Balaban J connectivity index is 1.36. The molecule has 1 aliphatic heterocycles. The Hall–Kier alpha value is -2.51. The lowest BCUT2D eigenvalue weighted by Crippen LogP contribution is -2.37. The zero-order chi connectivity index (χ0) is 19.5. The van der Waals surface area contributed by atoms with E-state index in [0.717, 1.165) is 49.5 Å². The number of hydrogen-bond donors (Lipinski definition) is 3. The lowest BCUT2D eigenvalue weighted by atomic mass is 10.0. The smallest absolute Gasteiger partial charge is 0.197 e. The normalized spacial score (nSPS) is 18.7. The van der Waals surface area contributed by atoms with E-state index in [0.29, 0.717) is 19.4 Å². The van der Waals surface area contributed by atoms with Gasteiger partial charge in [0.1, 0.15) is 5.82 Å². The van der Waals surface area contributed by atoms with Crippen molar-refractivity contribution < 1.29 is 15.3 Å². The van der Waals surface area contributed by atoms with Crippen molar-refractivity contribution in [2.45, 2.75) is 31.9 Å². The lowest BCUT2D eigenvalue weighted by molar-refractivity contribution is 0.0966. The molecule has 0 amide bonds. The number of aromatic nitrogens is 2. The van der Waals surface area contributed by atoms with Gasteiger partial charge in [0.2, 0.25) is 0 Å². The highest BCUT2D eigenvalue weighted by Gasteiger charge is 2.25. The van der Waals surface area contributed by atoms with Crippen LogP contribution in [0, 0.1) is 0 Å². The molecule has 1 fully saturated rings. The van der Waals surface area contributed by atoms with Crippen LogP contribution in [-0.2, 0) is 19.4 Å². The number of aliphatic hydroxyl groups excluding tert-OH is 1. The molecule has 1 aliphatic carbocycles. The summed E-state index contributed by atoms with van der Waals surface area (Å²) in [4.78, 5) is 8.95. The summed E-state index contributed by atoms with van der Waals surface area (Å²) in [6, 6.07) is 5.95. The van der Waals surface area contributed by atoms with Crippen molar-refractivity contribution in [2.75, 3.05) is 37.6 Å². The van der Waals surface area contributed by atoms with Gasteiger partial charge in [-0.05, 0) is 37.9 Å². The van der Waals surface area contributed by atoms with Gasteiger partial charge in [0.15, 0.2) is 11.8 Å². The maximum absolute atomic E-state index is 10.6. The van der Waals surface area contributed by atoms with Crippen LogP contribution < -0.4 is 4.90 Å². The highest BCUT2D eigenvalue weighted by molar-refractivity contribution is 5.49. The van der Waals surface area contributed by atoms with E-state index in [9.17, 15) is 15.3 Å². The highest BCUT2D eigenvalue weighted by Crippen LogP contribution is 2.36. The predicted molar refractivity (Wildman–Crippen MR) is 108 cm³/mol. The molecule has 4 rings (SSSR count). The predicted octanol–water partition coefficient (Wildman–Crippen LogP) is 1.52. The molecule has 1 atom stereocenters. The fourth-order valence-corrected chi connectivity index (χ4v) is 4.19. The Morgan fingerprint density at radius 2 is 1.68 bits per heavy atom. The molecular weight excluding hydrogens is 356 g/mol. The van der Waals surface area contributed by atoms with Crippen LogP contribution in [0.2, 0.25) is 0 Å². The molecule has 0 aromatic carbocycles. The van der Waals surface area contributed by atoms with Crippen LogP contribution in [0.4, 0.5) is 5.82 Å². The lowest BCUT2D eigenvalue weighted by Gasteiger charge is -2.24. The summed E-state index contributed by atoms with van der Waals surface area (Å²) in [5, 5.41) is 31.5. The molecule has 28 heavy (non-hydrogen) atoms. The molecule has 0 bridgehead atoms. The van der Waals surface area contributed by atoms with Crippen LogP contribution in [0.15, 0.2) is 36.5 Å². The largest absolute Gasteiger partial charge is 0.494 e. The summed E-state index contributed by atoms with van der Waals surface area (Å²) in [6.45, 7) is 4.26. The first-order chi connectivity index (χ1) is 13.6. The van der Waals surface area contributed by atoms with Crippen LogP contribution in [0.5, 0.6) is 11.8 Å². The minimum atomic E-state index is -0.667. The molecule has 7 nitrogen and oxygen atoms in total. The molecule has 0 spiro atoms. The van der Waals surface area contributed by atoms with E-state index in [-0.39, 0.29) is 18.3 Å². The monoisotopic (exact) mass is 384 g/mol. The quantitative estimate of drug-likeness (QED) is 0.678. The van der Waals surface area contributed by atoms with Crippen molar-refractivity contribution in [3.8, 4) is 11.8 Å². The average molecular weight is 384 g/mol. The second-order valence-corrected chi connectivity index (χ2v) is 7.58. The van der Waals surface area contributed by atoms with Gasteiger partial charge in [0.25, 0.3) is 0 Å². The summed E-state index contributed by atoms with van der Waals surface area (Å²) in [7, 11) is 0. The summed E-state index contributed by atoms with van der Waals surface area (Å²) in [6.07, 6.45) is 7.37. The molecular formula is C21H28N4O3. The number of anilines is 1. The van der Waals surface area contributed by atoms with E-state index >= 15 is 0 Å². The van der Waals surface area contributed by atoms with Gasteiger partial charge in [-0.3, -0.25) is 9.47 Å². The Morgan fingerprint density at radius 3 is 2.36 bits per heavy atom. The molecule has 0 saturated carbocycles.